The summed E-state index contributed by atoms with van der Waals surface area (Å²) in [4.78, 5) is 28.0. The summed E-state index contributed by atoms with van der Waals surface area (Å²) in [6, 6.07) is 10.7. The van der Waals surface area contributed by atoms with Gasteiger partial charge in [0.1, 0.15) is 24.1 Å². The van der Waals surface area contributed by atoms with Crippen LogP contribution in [0.1, 0.15) is 33.3 Å². The Balaban J connectivity index is 2.49. The van der Waals surface area contributed by atoms with Crippen LogP contribution in [0.4, 0.5) is 5.69 Å². The predicted molar refractivity (Wildman–Crippen MR) is 141 cm³/mol. The Morgan fingerprint density at radius 1 is 1.08 bits per heavy atom. The van der Waals surface area contributed by atoms with E-state index in [9.17, 15) is 18.0 Å². The zero-order valence-electron chi connectivity index (χ0n) is 21.7. The fourth-order valence-corrected chi connectivity index (χ4v) is 4.50. The van der Waals surface area contributed by atoms with Crippen molar-refractivity contribution in [3.8, 4) is 11.5 Å². The van der Waals surface area contributed by atoms with Crippen molar-refractivity contribution in [2.75, 3.05) is 31.3 Å². The molecule has 1 atom stereocenters. The van der Waals surface area contributed by atoms with Gasteiger partial charge < -0.3 is 19.7 Å². The number of ether oxygens (including phenoxy) is 2. The van der Waals surface area contributed by atoms with Crippen molar-refractivity contribution < 1.29 is 27.5 Å². The summed E-state index contributed by atoms with van der Waals surface area (Å²) in [5.41, 5.74) is 0.259. The van der Waals surface area contributed by atoms with E-state index >= 15 is 0 Å². The maximum Gasteiger partial charge on any atom is 0.244 e. The third-order valence-corrected chi connectivity index (χ3v) is 6.79. The van der Waals surface area contributed by atoms with Crippen LogP contribution < -0.4 is 19.1 Å². The largest absolute Gasteiger partial charge is 0.497 e. The van der Waals surface area contributed by atoms with Gasteiger partial charge in [-0.05, 0) is 51.5 Å². The van der Waals surface area contributed by atoms with Gasteiger partial charge in [-0.25, -0.2) is 8.42 Å². The van der Waals surface area contributed by atoms with Crippen molar-refractivity contribution in [3.63, 3.8) is 0 Å². The van der Waals surface area contributed by atoms with Crippen LogP contribution in [0.25, 0.3) is 0 Å². The van der Waals surface area contributed by atoms with E-state index in [0.717, 1.165) is 10.6 Å². The molecule has 2 amide bonds. The van der Waals surface area contributed by atoms with Gasteiger partial charge in [0, 0.05) is 23.2 Å². The van der Waals surface area contributed by atoms with Crippen LogP contribution in [0.5, 0.6) is 11.5 Å². The molecule has 2 aromatic carbocycles. The number of halogens is 1. The minimum atomic E-state index is -3.92. The minimum Gasteiger partial charge on any atom is -0.497 e. The van der Waals surface area contributed by atoms with Gasteiger partial charge in [0.25, 0.3) is 0 Å². The average molecular weight is 540 g/mol. The first-order valence-electron chi connectivity index (χ1n) is 11.2. The van der Waals surface area contributed by atoms with Crippen molar-refractivity contribution in [2.45, 2.75) is 45.8 Å². The highest BCUT2D eigenvalue weighted by Crippen LogP contribution is 2.33. The molecule has 198 valence electrons. The molecule has 0 spiro atoms. The van der Waals surface area contributed by atoms with Gasteiger partial charge in [0.2, 0.25) is 21.8 Å². The van der Waals surface area contributed by atoms with Gasteiger partial charge in [-0.1, -0.05) is 29.8 Å². The molecule has 0 aliphatic rings. The quantitative estimate of drug-likeness (QED) is 0.496. The number of anilines is 1. The highest BCUT2D eigenvalue weighted by atomic mass is 35.5. The van der Waals surface area contributed by atoms with E-state index in [2.05, 4.69) is 5.32 Å². The lowest BCUT2D eigenvalue weighted by atomic mass is 10.1. The van der Waals surface area contributed by atoms with Crippen molar-refractivity contribution in [2.24, 2.45) is 0 Å². The molecule has 0 bridgehead atoms. The molecular formula is C25H34ClN3O6S. The zero-order valence-corrected chi connectivity index (χ0v) is 23.2. The highest BCUT2D eigenvalue weighted by molar-refractivity contribution is 7.92. The lowest BCUT2D eigenvalue weighted by Crippen LogP contribution is -2.54. The molecule has 0 aliphatic heterocycles. The molecule has 1 N–H and O–H groups in total. The molecule has 11 heteroatoms. The molecule has 9 nitrogen and oxygen atoms in total. The fraction of sp³-hybridized carbons (Fsp3) is 0.440. The van der Waals surface area contributed by atoms with E-state index in [4.69, 9.17) is 21.1 Å². The lowest BCUT2D eigenvalue weighted by molar-refractivity contribution is -0.140. The normalized spacial score (nSPS) is 12.4. The molecule has 0 radical (unpaired) electrons. The summed E-state index contributed by atoms with van der Waals surface area (Å²) in [5.74, 6) is -0.294. The number of benzene rings is 2. The molecule has 2 rings (SSSR count). The Hall–Kier alpha value is -2.98. The summed E-state index contributed by atoms with van der Waals surface area (Å²) in [6.07, 6.45) is 0.998. The number of nitrogens with one attached hydrogen (secondary N) is 1. The number of sulfonamides is 1. The molecule has 2 aromatic rings. The maximum absolute atomic E-state index is 13.7. The van der Waals surface area contributed by atoms with Gasteiger partial charge in [0.15, 0.2) is 0 Å². The van der Waals surface area contributed by atoms with E-state index in [1.165, 1.54) is 31.3 Å². The topological polar surface area (TPSA) is 105 Å². The summed E-state index contributed by atoms with van der Waals surface area (Å²) >= 11 is 6.33. The van der Waals surface area contributed by atoms with Crippen LogP contribution in [-0.2, 0) is 26.2 Å². The Morgan fingerprint density at radius 2 is 1.72 bits per heavy atom. The number of rotatable bonds is 10. The SMILES string of the molecule is COc1ccc(N(CC(=O)N(Cc2ccccc2Cl)C(C)C(=O)NC(C)(C)C)S(C)(=O)=O)c(OC)c1. The minimum absolute atomic E-state index is 0.00852. The van der Waals surface area contributed by atoms with E-state index in [1.54, 1.807) is 37.3 Å². The number of hydrogen-bond acceptors (Lipinski definition) is 6. The van der Waals surface area contributed by atoms with Crippen LogP contribution in [0.2, 0.25) is 5.02 Å². The number of carbonyl (C=O) groups is 2. The fourth-order valence-electron chi connectivity index (χ4n) is 3.45. The van der Waals surface area contributed by atoms with Gasteiger partial charge in [-0.3, -0.25) is 13.9 Å². The lowest BCUT2D eigenvalue weighted by Gasteiger charge is -2.33. The second-order valence-electron chi connectivity index (χ2n) is 9.34. The van der Waals surface area contributed by atoms with Crippen LogP contribution in [0, 0.1) is 0 Å². The molecule has 0 saturated carbocycles. The van der Waals surface area contributed by atoms with Gasteiger partial charge in [0.05, 0.1) is 26.2 Å². The van der Waals surface area contributed by atoms with Crippen molar-refractivity contribution in [1.82, 2.24) is 10.2 Å². The monoisotopic (exact) mass is 539 g/mol. The molecule has 0 aliphatic carbocycles. The number of methoxy groups -OCH3 is 2. The first-order chi connectivity index (χ1) is 16.7. The molecule has 0 fully saturated rings. The smallest absolute Gasteiger partial charge is 0.244 e. The van der Waals surface area contributed by atoms with E-state index in [-0.39, 0.29) is 23.9 Å². The number of amides is 2. The second-order valence-corrected chi connectivity index (χ2v) is 11.6. The van der Waals surface area contributed by atoms with Crippen LogP contribution in [0.3, 0.4) is 0 Å². The van der Waals surface area contributed by atoms with Gasteiger partial charge in [-0.2, -0.15) is 0 Å². The molecule has 0 saturated heterocycles. The third-order valence-electron chi connectivity index (χ3n) is 5.30. The number of nitrogens with zero attached hydrogens (tertiary/aromatic N) is 2. The Kier molecular flexibility index (Phi) is 9.62. The molecular weight excluding hydrogens is 506 g/mol. The van der Waals surface area contributed by atoms with Crippen molar-refractivity contribution in [1.29, 1.82) is 0 Å². The molecule has 36 heavy (non-hydrogen) atoms. The van der Waals surface area contributed by atoms with Crippen molar-refractivity contribution >= 4 is 39.1 Å². The van der Waals surface area contributed by atoms with Gasteiger partial charge >= 0.3 is 0 Å². The Labute approximate surface area is 218 Å². The first-order valence-corrected chi connectivity index (χ1v) is 13.4. The Bertz CT molecular complexity index is 1200. The summed E-state index contributed by atoms with van der Waals surface area (Å²) < 4.78 is 37.1. The van der Waals surface area contributed by atoms with Crippen LogP contribution in [0.15, 0.2) is 42.5 Å². The average Bonchev–Trinajstić information content (AvgIpc) is 2.79. The molecule has 0 aromatic heterocycles. The summed E-state index contributed by atoms with van der Waals surface area (Å²) in [6.45, 7) is 6.54. The second kappa shape index (κ2) is 11.8. The predicted octanol–water partition coefficient (Wildman–Crippen LogP) is 3.46. The van der Waals surface area contributed by atoms with Crippen LogP contribution in [-0.4, -0.2) is 63.7 Å². The third kappa shape index (κ3) is 7.76. The van der Waals surface area contributed by atoms with E-state index in [1.807, 2.05) is 20.8 Å². The Morgan fingerprint density at radius 3 is 2.25 bits per heavy atom. The maximum atomic E-state index is 13.7. The van der Waals surface area contributed by atoms with E-state index < -0.39 is 34.1 Å². The zero-order chi connectivity index (χ0) is 27.3. The summed E-state index contributed by atoms with van der Waals surface area (Å²) in [7, 11) is -1.05. The standard InChI is InChI=1S/C25H34ClN3O6S/c1-17(24(31)27-25(2,3)4)28(15-18-10-8-9-11-20(18)26)23(30)16-29(36(7,32)33)21-13-12-19(34-5)14-22(21)35-6/h8-14,17H,15-16H2,1-7H3,(H,27,31). The first kappa shape index (κ1) is 29.3. The van der Waals surface area contributed by atoms with E-state index in [0.29, 0.717) is 16.3 Å². The van der Waals surface area contributed by atoms with Crippen molar-refractivity contribution in [3.05, 3.63) is 53.1 Å². The number of carbonyl (C=O) groups excluding carboxylic acids is 2. The molecule has 1 unspecified atom stereocenters. The highest BCUT2D eigenvalue weighted by Gasteiger charge is 2.32. The molecule has 0 heterocycles. The number of hydrogen-bond donors (Lipinski definition) is 1. The van der Waals surface area contributed by atoms with Crippen LogP contribution >= 0.6 is 11.6 Å². The van der Waals surface area contributed by atoms with Gasteiger partial charge in [-0.15, -0.1) is 0 Å². The summed E-state index contributed by atoms with van der Waals surface area (Å²) in [5, 5.41) is 3.30.